The van der Waals surface area contributed by atoms with E-state index in [9.17, 15) is 14.4 Å². The van der Waals surface area contributed by atoms with Crippen molar-refractivity contribution >= 4 is 28.2 Å². The minimum Gasteiger partial charge on any atom is -0.321 e. The molecule has 0 aliphatic rings. The highest BCUT2D eigenvalue weighted by Gasteiger charge is 2.18. The molecule has 0 saturated carbocycles. The second-order valence-electron chi connectivity index (χ2n) is 6.54. The lowest BCUT2D eigenvalue weighted by molar-refractivity contribution is 0.100. The van der Waals surface area contributed by atoms with Crippen LogP contribution >= 0.6 is 0 Å². The van der Waals surface area contributed by atoms with Crippen molar-refractivity contribution in [1.29, 1.82) is 0 Å². The Balaban J connectivity index is 1.84. The van der Waals surface area contributed by atoms with Gasteiger partial charge in [-0.25, -0.2) is 0 Å². The zero-order valence-electron chi connectivity index (χ0n) is 15.6. The van der Waals surface area contributed by atoms with Gasteiger partial charge in [0.2, 0.25) is 0 Å². The Morgan fingerprint density at radius 2 is 1.55 bits per heavy atom. The van der Waals surface area contributed by atoms with Gasteiger partial charge < -0.3 is 5.32 Å². The van der Waals surface area contributed by atoms with Gasteiger partial charge in [0.1, 0.15) is 0 Å². The van der Waals surface area contributed by atoms with Crippen molar-refractivity contribution < 1.29 is 9.59 Å². The normalized spacial score (nSPS) is 10.7. The lowest BCUT2D eigenvalue weighted by Gasteiger charge is -2.11. The summed E-state index contributed by atoms with van der Waals surface area (Å²) in [5.74, 6) is -0.561. The Morgan fingerprint density at radius 3 is 2.28 bits per heavy atom. The third kappa shape index (κ3) is 3.55. The van der Waals surface area contributed by atoms with E-state index in [2.05, 4.69) is 10.4 Å². The monoisotopic (exact) mass is 383 g/mol. The number of anilines is 1. The fraction of sp³-hybridized carbons (Fsp3) is 0.0435. The fourth-order valence-electron chi connectivity index (χ4n) is 3.11. The summed E-state index contributed by atoms with van der Waals surface area (Å²) in [5, 5.41) is 7.98. The molecule has 0 atom stereocenters. The molecule has 142 valence electrons. The average Bonchev–Trinajstić information content (AvgIpc) is 2.75. The minimum absolute atomic E-state index is 0.0951. The molecule has 0 radical (unpaired) electrons. The molecule has 1 amide bonds. The molecule has 4 rings (SSSR count). The number of rotatable bonds is 4. The van der Waals surface area contributed by atoms with E-state index in [0.29, 0.717) is 27.7 Å². The van der Waals surface area contributed by atoms with Crippen LogP contribution in [-0.4, -0.2) is 21.5 Å². The number of nitrogens with one attached hydrogen (secondary N) is 1. The molecule has 3 aromatic carbocycles. The molecule has 1 aromatic heterocycles. The largest absolute Gasteiger partial charge is 0.321 e. The minimum atomic E-state index is -0.466. The van der Waals surface area contributed by atoms with Gasteiger partial charge in [-0.1, -0.05) is 48.5 Å². The molecule has 1 heterocycles. The van der Waals surface area contributed by atoms with Crippen LogP contribution in [0.25, 0.3) is 16.5 Å². The van der Waals surface area contributed by atoms with Gasteiger partial charge >= 0.3 is 0 Å². The van der Waals surface area contributed by atoms with Crippen LogP contribution in [-0.2, 0) is 0 Å². The smallest absolute Gasteiger partial charge is 0.279 e. The number of amides is 1. The number of carbonyl (C=O) groups is 2. The van der Waals surface area contributed by atoms with Crippen LogP contribution in [0.1, 0.15) is 27.8 Å². The predicted molar refractivity (Wildman–Crippen MR) is 112 cm³/mol. The van der Waals surface area contributed by atoms with E-state index in [1.54, 1.807) is 72.8 Å². The highest BCUT2D eigenvalue weighted by Crippen LogP contribution is 2.18. The van der Waals surface area contributed by atoms with Crippen molar-refractivity contribution in [2.45, 2.75) is 6.92 Å². The summed E-state index contributed by atoms with van der Waals surface area (Å²) in [5.41, 5.74) is 1.36. The van der Waals surface area contributed by atoms with Gasteiger partial charge in [-0.15, -0.1) is 0 Å². The number of aromatic nitrogens is 2. The number of hydrogen-bond donors (Lipinski definition) is 1. The quantitative estimate of drug-likeness (QED) is 0.543. The number of benzene rings is 3. The van der Waals surface area contributed by atoms with Gasteiger partial charge in [0.05, 0.1) is 11.1 Å². The van der Waals surface area contributed by atoms with Crippen molar-refractivity contribution in [2.75, 3.05) is 5.32 Å². The zero-order chi connectivity index (χ0) is 20.4. The summed E-state index contributed by atoms with van der Waals surface area (Å²) in [6.07, 6.45) is 0. The Labute approximate surface area is 166 Å². The predicted octanol–water partition coefficient (Wildman–Crippen LogP) is 3.84. The number of Topliss-reactive ketones (excluding diaryl/α,β-unsaturated/α-hetero) is 1. The molecule has 6 nitrogen and oxygen atoms in total. The summed E-state index contributed by atoms with van der Waals surface area (Å²) >= 11 is 0. The van der Waals surface area contributed by atoms with E-state index in [1.165, 1.54) is 11.6 Å². The van der Waals surface area contributed by atoms with E-state index in [1.807, 2.05) is 6.07 Å². The maximum atomic E-state index is 13.0. The molecule has 0 fully saturated rings. The van der Waals surface area contributed by atoms with Gasteiger partial charge in [0.15, 0.2) is 11.5 Å². The lowest BCUT2D eigenvalue weighted by atomic mass is 10.1. The summed E-state index contributed by atoms with van der Waals surface area (Å²) in [7, 11) is 0. The molecular weight excluding hydrogens is 366 g/mol. The van der Waals surface area contributed by atoms with E-state index >= 15 is 0 Å². The molecule has 0 bridgehead atoms. The Kier molecular flexibility index (Phi) is 4.75. The van der Waals surface area contributed by atoms with E-state index in [0.717, 1.165) is 0 Å². The number of fused-ring (bicyclic) bond motifs is 1. The van der Waals surface area contributed by atoms with Crippen LogP contribution in [0.15, 0.2) is 83.7 Å². The van der Waals surface area contributed by atoms with Crippen molar-refractivity contribution in [1.82, 2.24) is 9.78 Å². The third-order valence-corrected chi connectivity index (χ3v) is 4.55. The second kappa shape index (κ2) is 7.52. The first kappa shape index (κ1) is 18.3. The number of hydrogen-bond acceptors (Lipinski definition) is 4. The van der Waals surface area contributed by atoms with E-state index < -0.39 is 5.91 Å². The van der Waals surface area contributed by atoms with Gasteiger partial charge in [-0.3, -0.25) is 14.4 Å². The van der Waals surface area contributed by atoms with Crippen LogP contribution in [0.3, 0.4) is 0 Å². The number of para-hydroxylation sites is 1. The zero-order valence-corrected chi connectivity index (χ0v) is 15.6. The highest BCUT2D eigenvalue weighted by molar-refractivity contribution is 6.11. The highest BCUT2D eigenvalue weighted by atomic mass is 16.2. The molecule has 0 spiro atoms. The first-order valence-corrected chi connectivity index (χ1v) is 9.04. The Hall–Kier alpha value is -4.06. The molecule has 0 aliphatic heterocycles. The molecule has 0 saturated heterocycles. The van der Waals surface area contributed by atoms with Crippen molar-refractivity contribution in [3.63, 3.8) is 0 Å². The van der Waals surface area contributed by atoms with Crippen molar-refractivity contribution in [2.24, 2.45) is 0 Å². The van der Waals surface area contributed by atoms with Crippen LogP contribution in [0.2, 0.25) is 0 Å². The number of nitrogens with zero attached hydrogens (tertiary/aromatic N) is 2. The lowest BCUT2D eigenvalue weighted by Crippen LogP contribution is -2.26. The van der Waals surface area contributed by atoms with Gasteiger partial charge in [-0.05, 0) is 37.3 Å². The molecule has 0 unspecified atom stereocenters. The summed E-state index contributed by atoms with van der Waals surface area (Å²) in [6, 6.07) is 22.5. The first-order chi connectivity index (χ1) is 14.0. The fourth-order valence-corrected chi connectivity index (χ4v) is 3.11. The molecule has 29 heavy (non-hydrogen) atoms. The topological polar surface area (TPSA) is 81.1 Å². The van der Waals surface area contributed by atoms with Crippen molar-refractivity contribution in [3.8, 4) is 5.69 Å². The second-order valence-corrected chi connectivity index (χ2v) is 6.54. The van der Waals surface area contributed by atoms with Gasteiger partial charge in [-0.2, -0.15) is 9.78 Å². The number of ketones is 1. The van der Waals surface area contributed by atoms with Crippen LogP contribution in [0.4, 0.5) is 5.69 Å². The van der Waals surface area contributed by atoms with Gasteiger partial charge in [0.25, 0.3) is 11.5 Å². The van der Waals surface area contributed by atoms with Gasteiger partial charge in [0, 0.05) is 16.6 Å². The summed E-state index contributed by atoms with van der Waals surface area (Å²) in [4.78, 5) is 37.5. The SMILES string of the molecule is CC(=O)c1cccc(NC(=O)c2nn(-c3ccccc3)c(=O)c3ccccc23)c1. The van der Waals surface area contributed by atoms with E-state index in [-0.39, 0.29) is 17.0 Å². The molecule has 1 N–H and O–H groups in total. The summed E-state index contributed by atoms with van der Waals surface area (Å²) in [6.45, 7) is 1.46. The standard InChI is InChI=1S/C23H17N3O3/c1-15(27)16-8-7-9-17(14-16)24-22(28)21-19-12-5-6-13-20(19)23(29)26(25-21)18-10-3-2-4-11-18/h2-14H,1H3,(H,24,28). The van der Waals surface area contributed by atoms with E-state index in [4.69, 9.17) is 0 Å². The van der Waals surface area contributed by atoms with Crippen LogP contribution in [0.5, 0.6) is 0 Å². The van der Waals surface area contributed by atoms with Crippen LogP contribution < -0.4 is 10.9 Å². The maximum Gasteiger partial charge on any atom is 0.279 e. The third-order valence-electron chi connectivity index (χ3n) is 4.55. The molecule has 4 aromatic rings. The Morgan fingerprint density at radius 1 is 0.862 bits per heavy atom. The average molecular weight is 383 g/mol. The maximum absolute atomic E-state index is 13.0. The van der Waals surface area contributed by atoms with Crippen LogP contribution in [0, 0.1) is 0 Å². The summed E-state index contributed by atoms with van der Waals surface area (Å²) < 4.78 is 1.23. The van der Waals surface area contributed by atoms with Crippen molar-refractivity contribution in [3.05, 3.63) is 100 Å². The Bertz CT molecular complexity index is 1290. The first-order valence-electron chi connectivity index (χ1n) is 9.04. The molecule has 6 heteroatoms. The number of carbonyl (C=O) groups excluding carboxylic acids is 2. The molecule has 0 aliphatic carbocycles. The molecular formula is C23H17N3O3.